The average molecular weight is 354 g/mol. The van der Waals surface area contributed by atoms with Gasteiger partial charge in [0.2, 0.25) is 0 Å². The summed E-state index contributed by atoms with van der Waals surface area (Å²) in [4.78, 5) is 29.6. The summed E-state index contributed by atoms with van der Waals surface area (Å²) in [6, 6.07) is 16.5. The highest BCUT2D eigenvalue weighted by atomic mass is 32.2. The van der Waals surface area contributed by atoms with Crippen LogP contribution in [0.2, 0.25) is 0 Å². The number of para-hydroxylation sites is 2. The van der Waals surface area contributed by atoms with Gasteiger partial charge in [0.15, 0.2) is 5.16 Å². The van der Waals surface area contributed by atoms with Gasteiger partial charge in [-0.15, -0.1) is 0 Å². The van der Waals surface area contributed by atoms with Crippen molar-refractivity contribution in [2.45, 2.75) is 24.3 Å². The van der Waals surface area contributed by atoms with Crippen LogP contribution in [0.4, 0.5) is 0 Å². The van der Waals surface area contributed by atoms with Crippen molar-refractivity contribution in [3.05, 3.63) is 65.0 Å². The quantitative estimate of drug-likeness (QED) is 0.399. The van der Waals surface area contributed by atoms with Crippen LogP contribution in [-0.2, 0) is 9.53 Å². The van der Waals surface area contributed by atoms with Gasteiger partial charge in [-0.1, -0.05) is 42.1 Å². The maximum atomic E-state index is 13.0. The number of thioether (sulfide) groups is 1. The highest BCUT2D eigenvalue weighted by Crippen LogP contribution is 2.25. The Morgan fingerprint density at radius 1 is 1.16 bits per heavy atom. The second kappa shape index (κ2) is 7.53. The monoisotopic (exact) mass is 354 g/mol. The number of hydrogen-bond donors (Lipinski definition) is 0. The minimum absolute atomic E-state index is 0.157. The number of ether oxygens (including phenoxy) is 1. The van der Waals surface area contributed by atoms with E-state index in [1.165, 1.54) is 11.8 Å². The molecule has 0 aliphatic heterocycles. The molecular formula is C19H18N2O3S. The Morgan fingerprint density at radius 2 is 1.84 bits per heavy atom. The third kappa shape index (κ3) is 3.58. The summed E-state index contributed by atoms with van der Waals surface area (Å²) in [6.45, 7) is 3.84. The van der Waals surface area contributed by atoms with Crippen LogP contribution >= 0.6 is 11.8 Å². The van der Waals surface area contributed by atoms with Crippen molar-refractivity contribution in [1.29, 1.82) is 0 Å². The van der Waals surface area contributed by atoms with Crippen molar-refractivity contribution in [2.75, 3.05) is 6.61 Å². The number of benzene rings is 2. The molecule has 2 aromatic carbocycles. The molecule has 0 saturated heterocycles. The molecule has 3 rings (SSSR count). The van der Waals surface area contributed by atoms with E-state index in [9.17, 15) is 9.59 Å². The minimum atomic E-state index is -0.469. The van der Waals surface area contributed by atoms with E-state index in [4.69, 9.17) is 4.74 Å². The summed E-state index contributed by atoms with van der Waals surface area (Å²) < 4.78 is 6.61. The minimum Gasteiger partial charge on any atom is -0.465 e. The van der Waals surface area contributed by atoms with E-state index in [-0.39, 0.29) is 11.5 Å². The second-order valence-corrected chi connectivity index (χ2v) is 6.71. The number of esters is 1. The van der Waals surface area contributed by atoms with Gasteiger partial charge in [-0.05, 0) is 38.1 Å². The molecule has 0 N–H and O–H groups in total. The van der Waals surface area contributed by atoms with Crippen LogP contribution in [0.25, 0.3) is 16.6 Å². The van der Waals surface area contributed by atoms with Gasteiger partial charge in [-0.3, -0.25) is 14.2 Å². The zero-order valence-corrected chi connectivity index (χ0v) is 14.8. The third-order valence-corrected chi connectivity index (χ3v) is 4.69. The largest absolute Gasteiger partial charge is 0.465 e. The first-order valence-corrected chi connectivity index (χ1v) is 8.90. The maximum absolute atomic E-state index is 13.0. The molecule has 0 unspecified atom stereocenters. The fourth-order valence-electron chi connectivity index (χ4n) is 2.46. The van der Waals surface area contributed by atoms with Crippen LogP contribution in [0.3, 0.4) is 0 Å². The number of aromatic nitrogens is 2. The van der Waals surface area contributed by atoms with Gasteiger partial charge < -0.3 is 4.74 Å². The van der Waals surface area contributed by atoms with Crippen LogP contribution in [-0.4, -0.2) is 27.4 Å². The lowest BCUT2D eigenvalue weighted by molar-refractivity contribution is -0.142. The topological polar surface area (TPSA) is 61.2 Å². The summed E-state index contributed by atoms with van der Waals surface area (Å²) in [7, 11) is 0. The predicted octanol–water partition coefficient (Wildman–Crippen LogP) is 3.43. The highest BCUT2D eigenvalue weighted by molar-refractivity contribution is 8.00. The Hall–Kier alpha value is -2.60. The van der Waals surface area contributed by atoms with E-state index in [0.717, 1.165) is 0 Å². The lowest BCUT2D eigenvalue weighted by Gasteiger charge is -2.15. The van der Waals surface area contributed by atoms with E-state index >= 15 is 0 Å². The lowest BCUT2D eigenvalue weighted by atomic mass is 10.2. The first-order valence-electron chi connectivity index (χ1n) is 8.02. The zero-order chi connectivity index (χ0) is 17.8. The van der Waals surface area contributed by atoms with Gasteiger partial charge >= 0.3 is 5.97 Å². The molecule has 0 radical (unpaired) electrons. The Morgan fingerprint density at radius 3 is 2.56 bits per heavy atom. The Labute approximate surface area is 149 Å². The van der Waals surface area contributed by atoms with Gasteiger partial charge in [-0.2, -0.15) is 0 Å². The summed E-state index contributed by atoms with van der Waals surface area (Å²) in [5.41, 5.74) is 1.16. The van der Waals surface area contributed by atoms with Gasteiger partial charge in [0.05, 0.1) is 23.2 Å². The van der Waals surface area contributed by atoms with Crippen LogP contribution in [0, 0.1) is 0 Å². The summed E-state index contributed by atoms with van der Waals surface area (Å²) in [5, 5.41) is 0.540. The Bertz CT molecular complexity index is 954. The first kappa shape index (κ1) is 17.2. The molecule has 0 bridgehead atoms. The fourth-order valence-corrected chi connectivity index (χ4v) is 3.39. The second-order valence-electron chi connectivity index (χ2n) is 5.40. The lowest BCUT2D eigenvalue weighted by Crippen LogP contribution is -2.24. The molecule has 0 aliphatic carbocycles. The number of hydrogen-bond acceptors (Lipinski definition) is 5. The van der Waals surface area contributed by atoms with Crippen molar-refractivity contribution >= 4 is 28.6 Å². The van der Waals surface area contributed by atoms with Gasteiger partial charge in [0.25, 0.3) is 5.56 Å². The van der Waals surface area contributed by atoms with E-state index in [0.29, 0.717) is 28.4 Å². The standard InChI is InChI=1S/C19H18N2O3S/c1-3-24-18(23)13(2)25-19-20-16-12-8-7-11-15(16)17(22)21(19)14-9-5-4-6-10-14/h4-13H,3H2,1-2H3/t13-/m0/s1. The number of fused-ring (bicyclic) bond motifs is 1. The van der Waals surface area contributed by atoms with Gasteiger partial charge in [0.1, 0.15) is 5.25 Å². The molecule has 0 fully saturated rings. The summed E-state index contributed by atoms with van der Waals surface area (Å²) in [6.07, 6.45) is 0. The molecule has 5 nitrogen and oxygen atoms in total. The number of carbonyl (C=O) groups is 1. The molecular weight excluding hydrogens is 336 g/mol. The molecule has 128 valence electrons. The maximum Gasteiger partial charge on any atom is 0.319 e. The van der Waals surface area contributed by atoms with Crippen molar-refractivity contribution < 1.29 is 9.53 Å². The van der Waals surface area contributed by atoms with Crippen LogP contribution in [0.1, 0.15) is 13.8 Å². The predicted molar refractivity (Wildman–Crippen MR) is 99.3 cm³/mol. The molecule has 1 atom stereocenters. The zero-order valence-electron chi connectivity index (χ0n) is 14.0. The van der Waals surface area contributed by atoms with Crippen molar-refractivity contribution in [3.63, 3.8) is 0 Å². The molecule has 6 heteroatoms. The smallest absolute Gasteiger partial charge is 0.319 e. The fraction of sp³-hybridized carbons (Fsp3) is 0.211. The van der Waals surface area contributed by atoms with Crippen LogP contribution in [0.15, 0.2) is 64.5 Å². The van der Waals surface area contributed by atoms with E-state index in [1.807, 2.05) is 42.5 Å². The normalized spacial score (nSPS) is 12.1. The SMILES string of the molecule is CCOC(=O)[C@H](C)Sc1nc2ccccc2c(=O)n1-c1ccccc1. The summed E-state index contributed by atoms with van der Waals surface area (Å²) in [5.74, 6) is -0.325. The average Bonchev–Trinajstić information content (AvgIpc) is 2.63. The van der Waals surface area contributed by atoms with Gasteiger partial charge in [0, 0.05) is 0 Å². The van der Waals surface area contributed by atoms with Crippen LogP contribution < -0.4 is 5.56 Å². The van der Waals surface area contributed by atoms with E-state index < -0.39 is 5.25 Å². The number of rotatable bonds is 5. The molecule has 3 aromatic rings. The molecule has 1 heterocycles. The third-order valence-electron chi connectivity index (χ3n) is 3.66. The summed E-state index contributed by atoms with van der Waals surface area (Å²) >= 11 is 1.22. The molecule has 0 aliphatic rings. The van der Waals surface area contributed by atoms with Crippen LogP contribution in [0.5, 0.6) is 0 Å². The molecule has 0 amide bonds. The Kier molecular flexibility index (Phi) is 5.19. The van der Waals surface area contributed by atoms with E-state index in [2.05, 4.69) is 4.98 Å². The molecule has 0 saturated carbocycles. The molecule has 1 aromatic heterocycles. The number of nitrogens with zero attached hydrogens (tertiary/aromatic N) is 2. The first-order chi connectivity index (χ1) is 12.1. The molecule has 25 heavy (non-hydrogen) atoms. The highest BCUT2D eigenvalue weighted by Gasteiger charge is 2.20. The van der Waals surface area contributed by atoms with Gasteiger partial charge in [-0.25, -0.2) is 4.98 Å². The van der Waals surface area contributed by atoms with E-state index in [1.54, 1.807) is 30.5 Å². The van der Waals surface area contributed by atoms with Crippen molar-refractivity contribution in [1.82, 2.24) is 9.55 Å². The van der Waals surface area contributed by atoms with Crippen molar-refractivity contribution in [3.8, 4) is 5.69 Å². The Balaban J connectivity index is 2.16. The number of carbonyl (C=O) groups excluding carboxylic acids is 1. The van der Waals surface area contributed by atoms with Crippen molar-refractivity contribution in [2.24, 2.45) is 0 Å². The molecule has 0 spiro atoms.